The molecule has 0 spiro atoms. The molecular weight excluding hydrogens is 280 g/mol. The molecule has 1 aliphatic rings. The number of nitrogens with two attached hydrogens (primary N) is 1. The van der Waals surface area contributed by atoms with E-state index in [1.807, 2.05) is 6.92 Å². The molecule has 2 rings (SSSR count). The Hall–Kier alpha value is -2.02. The number of carbonyl (C=O) groups is 1. The van der Waals surface area contributed by atoms with Gasteiger partial charge in [0.25, 0.3) is 0 Å². The van der Waals surface area contributed by atoms with Gasteiger partial charge in [-0.25, -0.2) is 4.98 Å². The van der Waals surface area contributed by atoms with E-state index in [-0.39, 0.29) is 30.0 Å². The summed E-state index contributed by atoms with van der Waals surface area (Å²) in [5.74, 6) is 0.271. The minimum Gasteiger partial charge on any atom is -0.368 e. The summed E-state index contributed by atoms with van der Waals surface area (Å²) in [6.07, 6.45) is 0.562. The number of nitrogen functional groups attached to an aromatic ring is 1. The number of halogens is 1. The van der Waals surface area contributed by atoms with E-state index < -0.39 is 0 Å². The van der Waals surface area contributed by atoms with Crippen molar-refractivity contribution in [3.8, 4) is 0 Å². The van der Waals surface area contributed by atoms with E-state index in [0.29, 0.717) is 23.5 Å². The first-order valence-electron chi connectivity index (χ1n) is 6.03. The minimum absolute atomic E-state index is 0.0197. The zero-order valence-electron chi connectivity index (χ0n) is 11.3. The van der Waals surface area contributed by atoms with Crippen molar-refractivity contribution in [3.63, 3.8) is 0 Å². The molecule has 0 saturated carbocycles. The summed E-state index contributed by atoms with van der Waals surface area (Å²) in [6, 6.07) is 0. The first kappa shape index (κ1) is 14.4. The first-order chi connectivity index (χ1) is 9.42. The van der Waals surface area contributed by atoms with Crippen LogP contribution in [0.3, 0.4) is 0 Å². The molecule has 20 heavy (non-hydrogen) atoms. The Morgan fingerprint density at radius 2 is 2.25 bits per heavy atom. The van der Waals surface area contributed by atoms with Crippen molar-refractivity contribution in [3.05, 3.63) is 10.7 Å². The second kappa shape index (κ2) is 5.54. The molecule has 0 fully saturated rings. The number of anilines is 2. The summed E-state index contributed by atoms with van der Waals surface area (Å²) < 4.78 is 0. The number of rotatable bonds is 4. The summed E-state index contributed by atoms with van der Waals surface area (Å²) in [5.41, 5.74) is 7.34. The fourth-order valence-electron chi connectivity index (χ4n) is 2.00. The maximum Gasteiger partial charge on any atom is 0.233 e. The Kier molecular flexibility index (Phi) is 3.99. The van der Waals surface area contributed by atoms with Crippen LogP contribution < -0.4 is 10.6 Å². The number of hydrogen-bond donors (Lipinski definition) is 2. The number of aliphatic imine (C=N–C) groups is 1. The second-order valence-electron chi connectivity index (χ2n) is 4.57. The summed E-state index contributed by atoms with van der Waals surface area (Å²) in [6.45, 7) is 2.00. The van der Waals surface area contributed by atoms with Crippen molar-refractivity contribution in [2.24, 2.45) is 4.99 Å². The molecule has 0 bridgehead atoms. The van der Waals surface area contributed by atoms with Gasteiger partial charge in [0.15, 0.2) is 0 Å². The molecule has 1 aromatic rings. The fraction of sp³-hybridized carbons (Fsp3) is 0.417. The average molecular weight is 295 g/mol. The maximum atomic E-state index is 12.0. The first-order valence-corrected chi connectivity index (χ1v) is 6.41. The van der Waals surface area contributed by atoms with Crippen LogP contribution in [0.2, 0.25) is 5.15 Å². The maximum absolute atomic E-state index is 12.0. The van der Waals surface area contributed by atoms with Crippen LogP contribution in [0.1, 0.15) is 18.9 Å². The van der Waals surface area contributed by atoms with Gasteiger partial charge in [0.2, 0.25) is 11.9 Å². The van der Waals surface area contributed by atoms with Crippen LogP contribution in [-0.4, -0.2) is 40.9 Å². The van der Waals surface area contributed by atoms with Crippen LogP contribution in [-0.2, 0) is 11.2 Å². The third kappa shape index (κ3) is 2.77. The van der Waals surface area contributed by atoms with Gasteiger partial charge in [-0.2, -0.15) is 4.98 Å². The lowest BCUT2D eigenvalue weighted by atomic mass is 10.2. The molecule has 0 unspecified atom stereocenters. The van der Waals surface area contributed by atoms with Gasteiger partial charge < -0.3 is 11.1 Å². The van der Waals surface area contributed by atoms with Gasteiger partial charge in [0.1, 0.15) is 11.0 Å². The standard InChI is InChI=1S/C12H15ClN6O/c1-6(16-2)3-7(14)5-19-9(20)4-8-10(13)17-12(15)18-11(8)19/h14H,3-5H2,1-2H3,(H2,15,17,18). The van der Waals surface area contributed by atoms with E-state index in [0.717, 1.165) is 5.71 Å². The minimum atomic E-state index is -0.155. The number of carbonyl (C=O) groups excluding carboxylic acids is 1. The van der Waals surface area contributed by atoms with Gasteiger partial charge in [-0.05, 0) is 6.92 Å². The van der Waals surface area contributed by atoms with E-state index in [2.05, 4.69) is 15.0 Å². The number of nitrogens with zero attached hydrogens (tertiary/aromatic N) is 4. The summed E-state index contributed by atoms with van der Waals surface area (Å²) >= 11 is 5.97. The van der Waals surface area contributed by atoms with Crippen molar-refractivity contribution in [2.45, 2.75) is 19.8 Å². The molecule has 2 heterocycles. The highest BCUT2D eigenvalue weighted by Crippen LogP contribution is 2.31. The zero-order valence-corrected chi connectivity index (χ0v) is 12.0. The van der Waals surface area contributed by atoms with Gasteiger partial charge in [0.05, 0.1) is 13.0 Å². The summed E-state index contributed by atoms with van der Waals surface area (Å²) in [4.78, 5) is 25.3. The van der Waals surface area contributed by atoms with Crippen molar-refractivity contribution < 1.29 is 4.79 Å². The predicted molar refractivity (Wildman–Crippen MR) is 78.9 cm³/mol. The second-order valence-corrected chi connectivity index (χ2v) is 4.93. The van der Waals surface area contributed by atoms with Crippen molar-refractivity contribution in [1.29, 1.82) is 5.41 Å². The van der Waals surface area contributed by atoms with Gasteiger partial charge in [-0.1, -0.05) is 11.6 Å². The molecule has 7 nitrogen and oxygen atoms in total. The highest BCUT2D eigenvalue weighted by Gasteiger charge is 2.32. The number of amides is 1. The lowest BCUT2D eigenvalue weighted by Crippen LogP contribution is -2.33. The molecule has 106 valence electrons. The Bertz CT molecular complexity index is 612. The number of fused-ring (bicyclic) bond motifs is 1. The molecular formula is C12H15ClN6O. The van der Waals surface area contributed by atoms with E-state index >= 15 is 0 Å². The molecule has 3 N–H and O–H groups in total. The molecule has 1 aliphatic heterocycles. The Morgan fingerprint density at radius 1 is 1.55 bits per heavy atom. The highest BCUT2D eigenvalue weighted by atomic mass is 35.5. The summed E-state index contributed by atoms with van der Waals surface area (Å²) in [5, 5.41) is 8.14. The van der Waals surface area contributed by atoms with Gasteiger partial charge in [-0.3, -0.25) is 14.7 Å². The topological polar surface area (TPSA) is 108 Å². The van der Waals surface area contributed by atoms with Crippen LogP contribution in [0.15, 0.2) is 4.99 Å². The SMILES string of the molecule is CN=C(C)CC(=N)CN1C(=O)Cc2c(Cl)nc(N)nc21. The van der Waals surface area contributed by atoms with Crippen LogP contribution in [0.4, 0.5) is 11.8 Å². The molecule has 0 aliphatic carbocycles. The van der Waals surface area contributed by atoms with Crippen LogP contribution in [0, 0.1) is 5.41 Å². The zero-order chi connectivity index (χ0) is 14.9. The smallest absolute Gasteiger partial charge is 0.233 e. The molecule has 0 atom stereocenters. The van der Waals surface area contributed by atoms with Crippen LogP contribution in [0.5, 0.6) is 0 Å². The quantitative estimate of drug-likeness (QED) is 0.640. The Balaban J connectivity index is 2.23. The number of aromatic nitrogens is 2. The van der Waals surface area contributed by atoms with Crippen molar-refractivity contribution in [2.75, 3.05) is 24.2 Å². The molecule has 1 amide bonds. The third-order valence-corrected chi connectivity index (χ3v) is 3.35. The third-order valence-electron chi connectivity index (χ3n) is 3.04. The fourth-order valence-corrected chi connectivity index (χ4v) is 2.24. The molecule has 0 aromatic carbocycles. The van der Waals surface area contributed by atoms with Crippen molar-refractivity contribution in [1.82, 2.24) is 9.97 Å². The van der Waals surface area contributed by atoms with E-state index in [9.17, 15) is 4.79 Å². The van der Waals surface area contributed by atoms with Gasteiger partial charge >= 0.3 is 0 Å². The van der Waals surface area contributed by atoms with E-state index in [1.54, 1.807) is 7.05 Å². The van der Waals surface area contributed by atoms with E-state index in [4.69, 9.17) is 22.7 Å². The lowest BCUT2D eigenvalue weighted by molar-refractivity contribution is -0.117. The van der Waals surface area contributed by atoms with E-state index in [1.165, 1.54) is 4.90 Å². The largest absolute Gasteiger partial charge is 0.368 e. The predicted octanol–water partition coefficient (Wildman–Crippen LogP) is 1.10. The van der Waals surface area contributed by atoms with Crippen LogP contribution in [0.25, 0.3) is 0 Å². The molecule has 0 saturated heterocycles. The Labute approximate surface area is 121 Å². The number of nitrogens with one attached hydrogen (secondary N) is 1. The normalized spacial score (nSPS) is 14.7. The average Bonchev–Trinajstić information content (AvgIpc) is 2.67. The van der Waals surface area contributed by atoms with Crippen molar-refractivity contribution >= 4 is 40.7 Å². The number of hydrogen-bond acceptors (Lipinski definition) is 6. The molecule has 0 radical (unpaired) electrons. The van der Waals surface area contributed by atoms with Gasteiger partial charge in [-0.15, -0.1) is 0 Å². The van der Waals surface area contributed by atoms with Crippen LogP contribution >= 0.6 is 11.6 Å². The monoisotopic (exact) mass is 294 g/mol. The lowest BCUT2D eigenvalue weighted by Gasteiger charge is -2.17. The Morgan fingerprint density at radius 3 is 2.90 bits per heavy atom. The molecule has 8 heteroatoms. The van der Waals surface area contributed by atoms with Gasteiger partial charge in [0, 0.05) is 30.5 Å². The molecule has 1 aromatic heterocycles. The summed E-state index contributed by atoms with van der Waals surface area (Å²) in [7, 11) is 1.67. The highest BCUT2D eigenvalue weighted by molar-refractivity contribution is 6.31.